The Bertz CT molecular complexity index is 1200. The van der Waals surface area contributed by atoms with Crippen molar-refractivity contribution < 1.29 is 31.9 Å². The Morgan fingerprint density at radius 2 is 1.64 bits per heavy atom. The molecule has 0 aliphatic rings. The monoisotopic (exact) mass is 474 g/mol. The fourth-order valence-electron chi connectivity index (χ4n) is 3.20. The quantitative estimate of drug-likeness (QED) is 0.409. The summed E-state index contributed by atoms with van der Waals surface area (Å²) < 4.78 is 47.6. The van der Waals surface area contributed by atoms with E-state index in [1.807, 2.05) is 0 Å². The van der Waals surface area contributed by atoms with Crippen LogP contribution in [0, 0.1) is 0 Å². The van der Waals surface area contributed by atoms with E-state index in [1.54, 1.807) is 52.3 Å². The van der Waals surface area contributed by atoms with Gasteiger partial charge in [0.05, 0.1) is 24.7 Å². The smallest absolute Gasteiger partial charge is 0.338 e. The first-order valence-electron chi connectivity index (χ1n) is 10.3. The summed E-state index contributed by atoms with van der Waals surface area (Å²) in [7, 11) is -0.498. The van der Waals surface area contributed by atoms with Crippen LogP contribution in [-0.2, 0) is 21.4 Å². The molecule has 0 aliphatic heterocycles. The second kappa shape index (κ2) is 10.5. The number of benzene rings is 2. The van der Waals surface area contributed by atoms with Gasteiger partial charge in [0.2, 0.25) is 10.0 Å². The van der Waals surface area contributed by atoms with Crippen molar-refractivity contribution in [3.05, 3.63) is 59.8 Å². The highest BCUT2D eigenvalue weighted by Gasteiger charge is 2.22. The first kappa shape index (κ1) is 24.3. The van der Waals surface area contributed by atoms with Crippen LogP contribution in [0.15, 0.2) is 57.9 Å². The number of esters is 1. The number of nitrogens with zero attached hydrogens (tertiary/aromatic N) is 2. The highest BCUT2D eigenvalue weighted by atomic mass is 32.2. The van der Waals surface area contributed by atoms with E-state index in [0.717, 1.165) is 5.56 Å². The highest BCUT2D eigenvalue weighted by molar-refractivity contribution is 7.89. The SMILES string of the molecule is CCN(CC)S(=O)(=O)c1ccc(C(=O)OCc2cc(-c3ccc(OC)c(OC)c3)on2)cc1. The van der Waals surface area contributed by atoms with Gasteiger partial charge in [-0.3, -0.25) is 0 Å². The van der Waals surface area contributed by atoms with Crippen molar-refractivity contribution >= 4 is 16.0 Å². The predicted molar refractivity (Wildman–Crippen MR) is 121 cm³/mol. The fraction of sp³-hybridized carbons (Fsp3) is 0.304. The molecule has 33 heavy (non-hydrogen) atoms. The van der Waals surface area contributed by atoms with E-state index < -0.39 is 16.0 Å². The average molecular weight is 475 g/mol. The van der Waals surface area contributed by atoms with E-state index in [0.29, 0.717) is 36.0 Å². The topological polar surface area (TPSA) is 108 Å². The normalized spacial score (nSPS) is 11.4. The second-order valence-corrected chi connectivity index (χ2v) is 8.88. The summed E-state index contributed by atoms with van der Waals surface area (Å²) in [5.41, 5.74) is 1.38. The summed E-state index contributed by atoms with van der Waals surface area (Å²) in [6.07, 6.45) is 0. The Kier molecular flexibility index (Phi) is 7.72. The lowest BCUT2D eigenvalue weighted by Gasteiger charge is -2.18. The summed E-state index contributed by atoms with van der Waals surface area (Å²) in [4.78, 5) is 12.5. The molecular weight excluding hydrogens is 448 g/mol. The van der Waals surface area contributed by atoms with E-state index in [9.17, 15) is 13.2 Å². The maximum Gasteiger partial charge on any atom is 0.338 e. The number of aromatic nitrogens is 1. The lowest BCUT2D eigenvalue weighted by Crippen LogP contribution is -2.30. The molecule has 0 radical (unpaired) electrons. The van der Waals surface area contributed by atoms with E-state index >= 15 is 0 Å². The Labute approximate surface area is 192 Å². The molecule has 0 bridgehead atoms. The molecule has 9 nitrogen and oxygen atoms in total. The first-order valence-corrected chi connectivity index (χ1v) is 11.7. The van der Waals surface area contributed by atoms with Gasteiger partial charge in [-0.1, -0.05) is 19.0 Å². The van der Waals surface area contributed by atoms with Gasteiger partial charge >= 0.3 is 5.97 Å². The maximum atomic E-state index is 12.6. The standard InChI is InChI=1S/C23H26N2O7S/c1-5-25(6-2)33(27,28)19-10-7-16(8-11-19)23(26)31-15-18-14-21(32-24-18)17-9-12-20(29-3)22(13-17)30-4/h7-14H,5-6,15H2,1-4H3. The number of rotatable bonds is 10. The average Bonchev–Trinajstić information content (AvgIpc) is 3.31. The van der Waals surface area contributed by atoms with Gasteiger partial charge in [-0.15, -0.1) is 0 Å². The molecule has 3 aromatic rings. The largest absolute Gasteiger partial charge is 0.493 e. The van der Waals surface area contributed by atoms with Crippen molar-refractivity contribution in [1.29, 1.82) is 0 Å². The van der Waals surface area contributed by atoms with E-state index in [-0.39, 0.29) is 17.1 Å². The molecule has 0 unspecified atom stereocenters. The molecule has 0 spiro atoms. The number of sulfonamides is 1. The number of hydrogen-bond donors (Lipinski definition) is 0. The molecule has 0 fully saturated rings. The van der Waals surface area contributed by atoms with Crippen molar-refractivity contribution in [2.24, 2.45) is 0 Å². The van der Waals surface area contributed by atoms with Crippen LogP contribution in [0.1, 0.15) is 29.9 Å². The minimum Gasteiger partial charge on any atom is -0.493 e. The molecule has 176 valence electrons. The van der Waals surface area contributed by atoms with Crippen molar-refractivity contribution in [3.63, 3.8) is 0 Å². The molecule has 1 heterocycles. The Balaban J connectivity index is 1.66. The van der Waals surface area contributed by atoms with Gasteiger partial charge in [0, 0.05) is 24.7 Å². The minimum absolute atomic E-state index is 0.102. The van der Waals surface area contributed by atoms with Crippen LogP contribution in [0.5, 0.6) is 11.5 Å². The molecule has 0 saturated carbocycles. The van der Waals surface area contributed by atoms with Crippen LogP contribution < -0.4 is 9.47 Å². The lowest BCUT2D eigenvalue weighted by atomic mass is 10.1. The number of carbonyl (C=O) groups is 1. The molecule has 0 atom stereocenters. The van der Waals surface area contributed by atoms with Crippen LogP contribution in [-0.4, -0.2) is 51.2 Å². The Morgan fingerprint density at radius 1 is 0.970 bits per heavy atom. The summed E-state index contributed by atoms with van der Waals surface area (Å²) in [6.45, 7) is 4.17. The van der Waals surface area contributed by atoms with Crippen molar-refractivity contribution in [1.82, 2.24) is 9.46 Å². The number of methoxy groups -OCH3 is 2. The van der Waals surface area contributed by atoms with Crippen LogP contribution >= 0.6 is 0 Å². The summed E-state index contributed by atoms with van der Waals surface area (Å²) >= 11 is 0. The van der Waals surface area contributed by atoms with Gasteiger partial charge in [0.15, 0.2) is 17.3 Å². The zero-order valence-electron chi connectivity index (χ0n) is 18.9. The fourth-order valence-corrected chi connectivity index (χ4v) is 4.66. The third-order valence-corrected chi connectivity index (χ3v) is 7.08. The number of carbonyl (C=O) groups excluding carboxylic acids is 1. The van der Waals surface area contributed by atoms with Crippen molar-refractivity contribution in [2.45, 2.75) is 25.3 Å². The number of hydrogen-bond acceptors (Lipinski definition) is 8. The third kappa shape index (κ3) is 5.35. The summed E-state index contributed by atoms with van der Waals surface area (Å²) in [5.74, 6) is 1.02. The zero-order chi connectivity index (χ0) is 24.0. The number of ether oxygens (including phenoxy) is 3. The first-order chi connectivity index (χ1) is 15.8. The van der Waals surface area contributed by atoms with Gasteiger partial charge in [0.25, 0.3) is 0 Å². The minimum atomic E-state index is -3.59. The molecule has 2 aromatic carbocycles. The van der Waals surface area contributed by atoms with Crippen LogP contribution in [0.25, 0.3) is 11.3 Å². The van der Waals surface area contributed by atoms with E-state index in [1.165, 1.54) is 28.6 Å². The predicted octanol–water partition coefficient (Wildman–Crippen LogP) is 3.75. The van der Waals surface area contributed by atoms with Gasteiger partial charge in [-0.05, 0) is 42.5 Å². The van der Waals surface area contributed by atoms with Crippen LogP contribution in [0.4, 0.5) is 0 Å². The molecular formula is C23H26N2O7S. The summed E-state index contributed by atoms with van der Waals surface area (Å²) in [6, 6.07) is 12.6. The second-order valence-electron chi connectivity index (χ2n) is 6.94. The van der Waals surface area contributed by atoms with Gasteiger partial charge < -0.3 is 18.7 Å². The molecule has 1 aromatic heterocycles. The van der Waals surface area contributed by atoms with Gasteiger partial charge in [0.1, 0.15) is 12.3 Å². The molecule has 0 amide bonds. The Morgan fingerprint density at radius 3 is 2.24 bits per heavy atom. The molecule has 10 heteroatoms. The zero-order valence-corrected chi connectivity index (χ0v) is 19.7. The summed E-state index contributed by atoms with van der Waals surface area (Å²) in [5, 5.41) is 3.93. The third-order valence-electron chi connectivity index (χ3n) is 5.01. The van der Waals surface area contributed by atoms with Crippen LogP contribution in [0.2, 0.25) is 0 Å². The van der Waals surface area contributed by atoms with Crippen molar-refractivity contribution in [3.8, 4) is 22.8 Å². The van der Waals surface area contributed by atoms with Crippen LogP contribution in [0.3, 0.4) is 0 Å². The maximum absolute atomic E-state index is 12.6. The van der Waals surface area contributed by atoms with Crippen molar-refractivity contribution in [2.75, 3.05) is 27.3 Å². The van der Waals surface area contributed by atoms with Gasteiger partial charge in [-0.25, -0.2) is 13.2 Å². The van der Waals surface area contributed by atoms with E-state index in [4.69, 9.17) is 18.7 Å². The molecule has 0 aliphatic carbocycles. The molecule has 0 N–H and O–H groups in total. The van der Waals surface area contributed by atoms with Gasteiger partial charge in [-0.2, -0.15) is 4.31 Å². The molecule has 0 saturated heterocycles. The Hall–Kier alpha value is -3.37. The van der Waals surface area contributed by atoms with E-state index in [2.05, 4.69) is 5.16 Å². The molecule has 3 rings (SSSR count). The highest BCUT2D eigenvalue weighted by Crippen LogP contribution is 2.32. The lowest BCUT2D eigenvalue weighted by molar-refractivity contribution is 0.0464.